The number of carbonyl (C=O) groups is 1. The Morgan fingerprint density at radius 1 is 1.50 bits per heavy atom. The zero-order valence-corrected chi connectivity index (χ0v) is 7.17. The van der Waals surface area contributed by atoms with Gasteiger partial charge in [-0.1, -0.05) is 6.08 Å². The monoisotopic (exact) mass is 177 g/mol. The highest BCUT2D eigenvalue weighted by Crippen LogP contribution is 2.15. The number of aldehydes is 1. The number of hydrogen-bond acceptors (Lipinski definition) is 3. The highest BCUT2D eigenvalue weighted by atomic mass is 32.1. The Bertz CT molecular complexity index is 333. The molecule has 0 amide bonds. The first-order chi connectivity index (χ1) is 5.86. The predicted molar refractivity (Wildman–Crippen MR) is 49.0 cm³/mol. The molecular weight excluding hydrogens is 170 g/mol. The van der Waals surface area contributed by atoms with E-state index in [1.54, 1.807) is 12.1 Å². The van der Waals surface area contributed by atoms with Gasteiger partial charge in [0.2, 0.25) is 0 Å². The second-order valence-electron chi connectivity index (χ2n) is 2.12. The lowest BCUT2D eigenvalue weighted by molar-refractivity contribution is 0.112. The molecule has 1 aromatic rings. The van der Waals surface area contributed by atoms with Gasteiger partial charge in [-0.05, 0) is 18.2 Å². The van der Waals surface area contributed by atoms with Crippen molar-refractivity contribution in [2.24, 2.45) is 0 Å². The number of carbonyl (C=O) groups excluding carboxylic acids is 1. The highest BCUT2D eigenvalue weighted by Gasteiger charge is 1.93. The fraction of sp³-hybridized carbons (Fsp3) is 0.111. The van der Waals surface area contributed by atoms with E-state index in [4.69, 9.17) is 5.26 Å². The summed E-state index contributed by atoms with van der Waals surface area (Å²) >= 11 is 1.42. The van der Waals surface area contributed by atoms with E-state index in [2.05, 4.69) is 0 Å². The van der Waals surface area contributed by atoms with Crippen LogP contribution in [-0.2, 0) is 0 Å². The average Bonchev–Trinajstić information content (AvgIpc) is 2.53. The fourth-order valence-corrected chi connectivity index (χ4v) is 1.51. The second-order valence-corrected chi connectivity index (χ2v) is 3.27. The van der Waals surface area contributed by atoms with Gasteiger partial charge in [0.15, 0.2) is 6.29 Å². The van der Waals surface area contributed by atoms with Crippen LogP contribution in [0.2, 0.25) is 0 Å². The summed E-state index contributed by atoms with van der Waals surface area (Å²) in [6.45, 7) is 0. The molecular formula is C9H7NOS. The summed E-state index contributed by atoms with van der Waals surface area (Å²) in [5, 5.41) is 8.24. The smallest absolute Gasteiger partial charge is 0.160 e. The first-order valence-corrected chi connectivity index (χ1v) is 4.27. The first kappa shape index (κ1) is 8.69. The molecule has 0 aliphatic rings. The van der Waals surface area contributed by atoms with Crippen LogP contribution in [0.1, 0.15) is 21.0 Å². The number of nitriles is 1. The fourth-order valence-electron chi connectivity index (χ4n) is 0.749. The van der Waals surface area contributed by atoms with Crippen LogP contribution in [0.3, 0.4) is 0 Å². The van der Waals surface area contributed by atoms with Gasteiger partial charge in [-0.25, -0.2) is 0 Å². The lowest BCUT2D eigenvalue weighted by atomic mass is 10.3. The van der Waals surface area contributed by atoms with Crippen molar-refractivity contribution in [1.82, 2.24) is 0 Å². The van der Waals surface area contributed by atoms with Crippen molar-refractivity contribution >= 4 is 23.7 Å². The van der Waals surface area contributed by atoms with Crippen molar-refractivity contribution < 1.29 is 4.79 Å². The first-order valence-electron chi connectivity index (χ1n) is 3.45. The van der Waals surface area contributed by atoms with Crippen molar-refractivity contribution in [2.75, 3.05) is 0 Å². The molecule has 0 saturated heterocycles. The summed E-state index contributed by atoms with van der Waals surface area (Å²) < 4.78 is 0. The molecule has 1 heterocycles. The van der Waals surface area contributed by atoms with Gasteiger partial charge in [-0.15, -0.1) is 11.3 Å². The minimum Gasteiger partial charge on any atom is -0.297 e. The van der Waals surface area contributed by atoms with E-state index in [0.29, 0.717) is 11.3 Å². The van der Waals surface area contributed by atoms with E-state index in [1.807, 2.05) is 18.2 Å². The molecule has 60 valence electrons. The summed E-state index contributed by atoms with van der Waals surface area (Å²) in [5.74, 6) is 0. The zero-order chi connectivity index (χ0) is 8.81. The van der Waals surface area contributed by atoms with Crippen LogP contribution in [0.25, 0.3) is 6.08 Å². The van der Waals surface area contributed by atoms with Crippen LogP contribution in [0, 0.1) is 11.3 Å². The Morgan fingerprint density at radius 3 is 2.83 bits per heavy atom. The molecule has 0 saturated carbocycles. The molecule has 2 nitrogen and oxygen atoms in total. The van der Waals surface area contributed by atoms with Gasteiger partial charge in [0, 0.05) is 4.88 Å². The van der Waals surface area contributed by atoms with E-state index in [9.17, 15) is 4.79 Å². The van der Waals surface area contributed by atoms with Crippen molar-refractivity contribution in [3.05, 3.63) is 28.0 Å². The standard InChI is InChI=1S/C9H7NOS/c10-6-2-1-3-8-4-5-9(7-11)12-8/h1,3-5,7H,2H2. The zero-order valence-electron chi connectivity index (χ0n) is 6.36. The topological polar surface area (TPSA) is 40.9 Å². The van der Waals surface area contributed by atoms with Crippen molar-refractivity contribution in [1.29, 1.82) is 5.26 Å². The number of thiophene rings is 1. The lowest BCUT2D eigenvalue weighted by Crippen LogP contribution is -1.62. The summed E-state index contributed by atoms with van der Waals surface area (Å²) in [7, 11) is 0. The number of hydrogen-bond donors (Lipinski definition) is 0. The van der Waals surface area contributed by atoms with Gasteiger partial charge in [-0.2, -0.15) is 5.26 Å². The third-order valence-electron chi connectivity index (χ3n) is 1.25. The molecule has 1 rings (SSSR count). The quantitative estimate of drug-likeness (QED) is 0.665. The summed E-state index contributed by atoms with van der Waals surface area (Å²) in [5.41, 5.74) is 0. The number of rotatable bonds is 3. The highest BCUT2D eigenvalue weighted by molar-refractivity contribution is 7.14. The van der Waals surface area contributed by atoms with Crippen LogP contribution in [0.5, 0.6) is 0 Å². The molecule has 0 bridgehead atoms. The van der Waals surface area contributed by atoms with Crippen molar-refractivity contribution in [3.8, 4) is 6.07 Å². The minimum atomic E-state index is 0.411. The second kappa shape index (κ2) is 4.47. The normalized spacial score (nSPS) is 9.92. The van der Waals surface area contributed by atoms with Gasteiger partial charge in [0.1, 0.15) is 0 Å². The molecule has 0 aliphatic heterocycles. The van der Waals surface area contributed by atoms with Crippen LogP contribution in [0.4, 0.5) is 0 Å². The molecule has 0 fully saturated rings. The van der Waals surface area contributed by atoms with Gasteiger partial charge >= 0.3 is 0 Å². The molecule has 0 unspecified atom stereocenters. The third kappa shape index (κ3) is 2.33. The molecule has 0 radical (unpaired) electrons. The largest absolute Gasteiger partial charge is 0.297 e. The molecule has 0 aliphatic carbocycles. The maximum absolute atomic E-state index is 10.3. The molecule has 3 heteroatoms. The van der Waals surface area contributed by atoms with E-state index < -0.39 is 0 Å². The molecule has 1 aromatic heterocycles. The van der Waals surface area contributed by atoms with Gasteiger partial charge in [0.05, 0.1) is 17.4 Å². The Balaban J connectivity index is 2.65. The Labute approximate surface area is 74.8 Å². The molecule has 0 aromatic carbocycles. The Hall–Kier alpha value is -1.40. The number of allylic oxidation sites excluding steroid dienone is 1. The van der Waals surface area contributed by atoms with Crippen LogP contribution >= 0.6 is 11.3 Å². The maximum atomic E-state index is 10.3. The number of nitrogens with zero attached hydrogens (tertiary/aromatic N) is 1. The van der Waals surface area contributed by atoms with Crippen LogP contribution < -0.4 is 0 Å². The van der Waals surface area contributed by atoms with Gasteiger partial charge < -0.3 is 0 Å². The van der Waals surface area contributed by atoms with Crippen LogP contribution in [0.15, 0.2) is 18.2 Å². The Kier molecular flexibility index (Phi) is 3.24. The van der Waals surface area contributed by atoms with Gasteiger partial charge in [-0.3, -0.25) is 4.79 Å². The molecule has 12 heavy (non-hydrogen) atoms. The van der Waals surface area contributed by atoms with Crippen molar-refractivity contribution in [2.45, 2.75) is 6.42 Å². The van der Waals surface area contributed by atoms with E-state index >= 15 is 0 Å². The minimum absolute atomic E-state index is 0.411. The third-order valence-corrected chi connectivity index (χ3v) is 2.23. The van der Waals surface area contributed by atoms with E-state index in [1.165, 1.54) is 11.3 Å². The van der Waals surface area contributed by atoms with E-state index in [0.717, 1.165) is 11.2 Å². The summed E-state index contributed by atoms with van der Waals surface area (Å²) in [4.78, 5) is 12.0. The van der Waals surface area contributed by atoms with Crippen molar-refractivity contribution in [3.63, 3.8) is 0 Å². The molecule has 0 atom stereocenters. The van der Waals surface area contributed by atoms with E-state index in [-0.39, 0.29) is 0 Å². The molecule has 0 N–H and O–H groups in total. The van der Waals surface area contributed by atoms with Gasteiger partial charge in [0.25, 0.3) is 0 Å². The lowest BCUT2D eigenvalue weighted by Gasteiger charge is -1.79. The maximum Gasteiger partial charge on any atom is 0.160 e. The summed E-state index contributed by atoms with van der Waals surface area (Å²) in [6.07, 6.45) is 4.86. The molecule has 0 spiro atoms. The predicted octanol–water partition coefficient (Wildman–Crippen LogP) is 2.49. The SMILES string of the molecule is N#CCC=Cc1ccc(C=O)s1. The summed E-state index contributed by atoms with van der Waals surface area (Å²) in [6, 6.07) is 5.64. The average molecular weight is 177 g/mol. The van der Waals surface area contributed by atoms with Crippen LogP contribution in [-0.4, -0.2) is 6.29 Å². The Morgan fingerprint density at radius 2 is 2.25 bits per heavy atom.